The standard InChI is InChI=1S/C19H16N2O6/c1-25-13-7-12(8-14(10-13)26-2)17(22)20-21-18(23)15-9-11-5-3-4-6-16(11)27-19(15)24/h3-10H,1-2H3,(H,20,22)(H,21,23). The van der Waals surface area contributed by atoms with Crippen LogP contribution in [-0.4, -0.2) is 26.0 Å². The van der Waals surface area contributed by atoms with Crippen molar-refractivity contribution in [1.82, 2.24) is 10.9 Å². The van der Waals surface area contributed by atoms with Crippen molar-refractivity contribution in [3.05, 3.63) is 70.1 Å². The fraction of sp³-hybridized carbons (Fsp3) is 0.105. The largest absolute Gasteiger partial charge is 0.497 e. The zero-order valence-corrected chi connectivity index (χ0v) is 14.6. The molecule has 3 rings (SSSR count). The first-order valence-corrected chi connectivity index (χ1v) is 7.88. The first-order chi connectivity index (χ1) is 13.0. The van der Waals surface area contributed by atoms with Crippen molar-refractivity contribution >= 4 is 22.8 Å². The fourth-order valence-electron chi connectivity index (χ4n) is 2.41. The van der Waals surface area contributed by atoms with Crippen LogP contribution in [0.3, 0.4) is 0 Å². The Morgan fingerprint density at radius 2 is 1.52 bits per heavy atom. The average Bonchev–Trinajstić information content (AvgIpc) is 2.70. The first-order valence-electron chi connectivity index (χ1n) is 7.88. The molecule has 0 aliphatic heterocycles. The van der Waals surface area contributed by atoms with E-state index in [0.717, 1.165) is 0 Å². The predicted octanol–water partition coefficient (Wildman–Crippen LogP) is 1.89. The molecule has 0 bridgehead atoms. The summed E-state index contributed by atoms with van der Waals surface area (Å²) in [4.78, 5) is 36.5. The Balaban J connectivity index is 1.77. The van der Waals surface area contributed by atoms with Gasteiger partial charge >= 0.3 is 5.63 Å². The van der Waals surface area contributed by atoms with E-state index in [0.29, 0.717) is 22.5 Å². The van der Waals surface area contributed by atoms with Crippen molar-refractivity contribution in [2.45, 2.75) is 0 Å². The molecule has 0 saturated carbocycles. The smallest absolute Gasteiger partial charge is 0.349 e. The molecule has 8 nitrogen and oxygen atoms in total. The average molecular weight is 368 g/mol. The van der Waals surface area contributed by atoms with Gasteiger partial charge in [0.25, 0.3) is 11.8 Å². The fourth-order valence-corrected chi connectivity index (χ4v) is 2.41. The van der Waals surface area contributed by atoms with E-state index in [4.69, 9.17) is 13.9 Å². The highest BCUT2D eigenvalue weighted by Gasteiger charge is 2.16. The Hall–Kier alpha value is -3.81. The molecule has 0 fully saturated rings. The SMILES string of the molecule is COc1cc(OC)cc(C(=O)NNC(=O)c2cc3ccccc3oc2=O)c1. The molecular formula is C19H16N2O6. The number of para-hydroxylation sites is 1. The van der Waals surface area contributed by atoms with Gasteiger partial charge in [-0.25, -0.2) is 4.79 Å². The second-order valence-corrected chi connectivity index (χ2v) is 5.49. The Morgan fingerprint density at radius 3 is 2.19 bits per heavy atom. The summed E-state index contributed by atoms with van der Waals surface area (Å²) in [6.07, 6.45) is 0. The highest BCUT2D eigenvalue weighted by atomic mass is 16.5. The molecule has 2 N–H and O–H groups in total. The second-order valence-electron chi connectivity index (χ2n) is 5.49. The molecule has 2 aromatic carbocycles. The summed E-state index contributed by atoms with van der Waals surface area (Å²) in [7, 11) is 2.91. The van der Waals surface area contributed by atoms with Gasteiger partial charge in [-0.15, -0.1) is 0 Å². The van der Waals surface area contributed by atoms with Gasteiger partial charge in [0.1, 0.15) is 22.6 Å². The normalized spacial score (nSPS) is 10.3. The van der Waals surface area contributed by atoms with Gasteiger partial charge in [0, 0.05) is 17.0 Å². The van der Waals surface area contributed by atoms with E-state index >= 15 is 0 Å². The molecule has 0 atom stereocenters. The van der Waals surface area contributed by atoms with E-state index in [1.54, 1.807) is 30.3 Å². The molecule has 138 valence electrons. The lowest BCUT2D eigenvalue weighted by atomic mass is 10.2. The Morgan fingerprint density at radius 1 is 0.889 bits per heavy atom. The molecule has 27 heavy (non-hydrogen) atoms. The molecule has 0 aliphatic carbocycles. The maximum atomic E-state index is 12.3. The number of carbonyl (C=O) groups excluding carboxylic acids is 2. The Bertz CT molecular complexity index is 1050. The molecule has 8 heteroatoms. The van der Waals surface area contributed by atoms with Crippen LogP contribution in [0.25, 0.3) is 11.0 Å². The summed E-state index contributed by atoms with van der Waals surface area (Å²) in [6.45, 7) is 0. The Kier molecular flexibility index (Phi) is 5.07. The van der Waals surface area contributed by atoms with Crippen LogP contribution in [-0.2, 0) is 0 Å². The van der Waals surface area contributed by atoms with Gasteiger partial charge in [-0.3, -0.25) is 20.4 Å². The monoisotopic (exact) mass is 368 g/mol. The van der Waals surface area contributed by atoms with Crippen LogP contribution in [0.4, 0.5) is 0 Å². The van der Waals surface area contributed by atoms with Crippen molar-refractivity contribution in [1.29, 1.82) is 0 Å². The van der Waals surface area contributed by atoms with Gasteiger partial charge in [-0.2, -0.15) is 0 Å². The van der Waals surface area contributed by atoms with Gasteiger partial charge in [0.05, 0.1) is 14.2 Å². The highest BCUT2D eigenvalue weighted by molar-refractivity contribution is 6.00. The molecule has 0 radical (unpaired) electrons. The quantitative estimate of drug-likeness (QED) is 0.538. The van der Waals surface area contributed by atoms with Crippen molar-refractivity contribution in [3.63, 3.8) is 0 Å². The summed E-state index contributed by atoms with van der Waals surface area (Å²) < 4.78 is 15.3. The van der Waals surface area contributed by atoms with Crippen LogP contribution in [0.5, 0.6) is 11.5 Å². The number of hydrogen-bond donors (Lipinski definition) is 2. The van der Waals surface area contributed by atoms with E-state index in [1.165, 1.54) is 32.4 Å². The molecule has 0 spiro atoms. The van der Waals surface area contributed by atoms with Crippen LogP contribution < -0.4 is 26.0 Å². The molecular weight excluding hydrogens is 352 g/mol. The first kappa shape index (κ1) is 18.0. The van der Waals surface area contributed by atoms with E-state index in [9.17, 15) is 14.4 Å². The lowest BCUT2D eigenvalue weighted by Crippen LogP contribution is -2.43. The molecule has 0 aliphatic rings. The van der Waals surface area contributed by atoms with Crippen LogP contribution in [0.2, 0.25) is 0 Å². The topological polar surface area (TPSA) is 107 Å². The van der Waals surface area contributed by atoms with E-state index < -0.39 is 17.4 Å². The van der Waals surface area contributed by atoms with Gasteiger partial charge in [-0.05, 0) is 24.3 Å². The zero-order chi connectivity index (χ0) is 19.4. The van der Waals surface area contributed by atoms with Crippen LogP contribution >= 0.6 is 0 Å². The maximum absolute atomic E-state index is 12.3. The van der Waals surface area contributed by atoms with E-state index in [2.05, 4.69) is 10.9 Å². The molecule has 0 saturated heterocycles. The number of amides is 2. The van der Waals surface area contributed by atoms with Crippen molar-refractivity contribution < 1.29 is 23.5 Å². The summed E-state index contributed by atoms with van der Waals surface area (Å²) in [5, 5.41) is 0.589. The number of fused-ring (bicyclic) bond motifs is 1. The van der Waals surface area contributed by atoms with Crippen molar-refractivity contribution in [2.75, 3.05) is 14.2 Å². The van der Waals surface area contributed by atoms with Crippen LogP contribution in [0, 0.1) is 0 Å². The highest BCUT2D eigenvalue weighted by Crippen LogP contribution is 2.22. The number of ether oxygens (including phenoxy) is 2. The Labute approximate surface area is 153 Å². The number of hydrogen-bond acceptors (Lipinski definition) is 6. The second kappa shape index (κ2) is 7.61. The number of rotatable bonds is 4. The lowest BCUT2D eigenvalue weighted by Gasteiger charge is -2.10. The summed E-state index contributed by atoms with van der Waals surface area (Å²) in [6, 6.07) is 12.8. The van der Waals surface area contributed by atoms with E-state index in [1.807, 2.05) is 0 Å². The third-order valence-corrected chi connectivity index (χ3v) is 3.79. The van der Waals surface area contributed by atoms with Gasteiger partial charge in [0.2, 0.25) is 0 Å². The van der Waals surface area contributed by atoms with Gasteiger partial charge in [-0.1, -0.05) is 18.2 Å². The summed E-state index contributed by atoms with van der Waals surface area (Å²) in [5.74, 6) is -0.564. The third-order valence-electron chi connectivity index (χ3n) is 3.79. The van der Waals surface area contributed by atoms with Gasteiger partial charge < -0.3 is 13.9 Å². The number of hydrazine groups is 1. The predicted molar refractivity (Wildman–Crippen MR) is 97.0 cm³/mol. The summed E-state index contributed by atoms with van der Waals surface area (Å²) in [5.41, 5.74) is 3.99. The van der Waals surface area contributed by atoms with Crippen molar-refractivity contribution in [2.24, 2.45) is 0 Å². The number of benzene rings is 2. The molecule has 3 aromatic rings. The van der Waals surface area contributed by atoms with E-state index in [-0.39, 0.29) is 11.1 Å². The lowest BCUT2D eigenvalue weighted by molar-refractivity contribution is 0.0844. The third kappa shape index (κ3) is 3.90. The van der Waals surface area contributed by atoms with Crippen LogP contribution in [0.1, 0.15) is 20.7 Å². The number of nitrogens with one attached hydrogen (secondary N) is 2. The minimum absolute atomic E-state index is 0.206. The van der Waals surface area contributed by atoms with Crippen molar-refractivity contribution in [3.8, 4) is 11.5 Å². The zero-order valence-electron chi connectivity index (χ0n) is 14.6. The molecule has 0 unspecified atom stereocenters. The molecule has 1 heterocycles. The number of methoxy groups -OCH3 is 2. The van der Waals surface area contributed by atoms with Crippen LogP contribution in [0.15, 0.2) is 57.7 Å². The minimum atomic E-state index is -0.802. The summed E-state index contributed by atoms with van der Waals surface area (Å²) >= 11 is 0. The maximum Gasteiger partial charge on any atom is 0.349 e. The minimum Gasteiger partial charge on any atom is -0.497 e. The molecule has 2 amide bonds. The number of carbonyl (C=O) groups is 2. The van der Waals surface area contributed by atoms with Gasteiger partial charge in [0.15, 0.2) is 0 Å². The molecule has 1 aromatic heterocycles.